The molecular weight excluding hydrogens is 465 g/mol. The van der Waals surface area contributed by atoms with Crippen LogP contribution in [0.5, 0.6) is 0 Å². The molecule has 5 rings (SSSR count). The van der Waals surface area contributed by atoms with Crippen molar-refractivity contribution in [3.05, 3.63) is 77.7 Å². The van der Waals surface area contributed by atoms with E-state index in [2.05, 4.69) is 20.1 Å². The van der Waals surface area contributed by atoms with Crippen molar-refractivity contribution < 1.29 is 17.6 Å². The topological polar surface area (TPSA) is 106 Å². The number of thiophene rings is 1. The molecule has 4 aromatic rings. The largest absolute Gasteiger partial charge is 0.319 e. The summed E-state index contributed by atoms with van der Waals surface area (Å²) in [6.45, 7) is 0. The zero-order valence-electron chi connectivity index (χ0n) is 17.1. The van der Waals surface area contributed by atoms with Gasteiger partial charge in [0.15, 0.2) is 5.82 Å². The number of amides is 1. The molecule has 2 aromatic heterocycles. The number of carbonyl (C=O) groups excluding carboxylic acids is 1. The van der Waals surface area contributed by atoms with Crippen LogP contribution in [-0.4, -0.2) is 35.1 Å². The minimum atomic E-state index is -3.66. The number of benzene rings is 2. The average molecular weight is 484 g/mol. The molecule has 11 heteroatoms. The number of carbonyl (C=O) groups is 1. The molecule has 2 aromatic carbocycles. The number of nitrogens with zero attached hydrogens (tertiary/aromatic N) is 3. The Kier molecular flexibility index (Phi) is 5.52. The molecule has 168 valence electrons. The van der Waals surface area contributed by atoms with Gasteiger partial charge in [0, 0.05) is 11.7 Å². The second-order valence-electron chi connectivity index (χ2n) is 7.50. The number of rotatable bonds is 7. The summed E-state index contributed by atoms with van der Waals surface area (Å²) >= 11 is 1.43. The van der Waals surface area contributed by atoms with Crippen molar-refractivity contribution in [3.63, 3.8) is 0 Å². The van der Waals surface area contributed by atoms with E-state index in [0.717, 1.165) is 17.7 Å². The van der Waals surface area contributed by atoms with E-state index in [0.29, 0.717) is 17.2 Å². The van der Waals surface area contributed by atoms with Gasteiger partial charge in [-0.3, -0.25) is 4.79 Å². The van der Waals surface area contributed by atoms with Gasteiger partial charge in [0.05, 0.1) is 15.5 Å². The van der Waals surface area contributed by atoms with Gasteiger partial charge in [0.25, 0.3) is 5.91 Å². The third-order valence-corrected chi connectivity index (χ3v) is 7.31. The lowest BCUT2D eigenvalue weighted by Crippen LogP contribution is -2.25. The maximum absolute atomic E-state index is 13.4. The molecule has 2 N–H and O–H groups in total. The van der Waals surface area contributed by atoms with Gasteiger partial charge in [0.2, 0.25) is 15.8 Å². The first-order valence-electron chi connectivity index (χ1n) is 10.1. The predicted molar refractivity (Wildman–Crippen MR) is 122 cm³/mol. The van der Waals surface area contributed by atoms with E-state index in [1.54, 1.807) is 24.3 Å². The van der Waals surface area contributed by atoms with E-state index in [9.17, 15) is 17.6 Å². The van der Waals surface area contributed by atoms with Crippen molar-refractivity contribution >= 4 is 33.0 Å². The molecule has 0 bridgehead atoms. The zero-order chi connectivity index (χ0) is 23.0. The molecule has 2 heterocycles. The Morgan fingerprint density at radius 1 is 1.09 bits per heavy atom. The molecule has 0 saturated heterocycles. The highest BCUT2D eigenvalue weighted by Crippen LogP contribution is 2.26. The summed E-state index contributed by atoms with van der Waals surface area (Å²) < 4.78 is 42.4. The summed E-state index contributed by atoms with van der Waals surface area (Å²) in [5, 5.41) is 8.86. The monoisotopic (exact) mass is 483 g/mol. The molecule has 1 amide bonds. The van der Waals surface area contributed by atoms with Crippen LogP contribution in [0.15, 0.2) is 70.9 Å². The summed E-state index contributed by atoms with van der Waals surface area (Å²) in [5.41, 5.74) is 0.847. The first-order chi connectivity index (χ1) is 15.9. The summed E-state index contributed by atoms with van der Waals surface area (Å²) in [6, 6.07) is 15.4. The van der Waals surface area contributed by atoms with Crippen molar-refractivity contribution in [3.8, 4) is 16.4 Å². The maximum atomic E-state index is 13.4. The fraction of sp³-hybridized carbons (Fsp3) is 0.136. The number of hydrogen-bond acceptors (Lipinski definition) is 6. The Morgan fingerprint density at radius 3 is 2.58 bits per heavy atom. The van der Waals surface area contributed by atoms with Crippen LogP contribution >= 0.6 is 11.3 Å². The van der Waals surface area contributed by atoms with Gasteiger partial charge in [0.1, 0.15) is 5.82 Å². The smallest absolute Gasteiger partial charge is 0.295 e. The fourth-order valence-corrected chi connectivity index (χ4v) is 5.20. The van der Waals surface area contributed by atoms with Crippen LogP contribution in [0.25, 0.3) is 16.4 Å². The van der Waals surface area contributed by atoms with Gasteiger partial charge in [-0.1, -0.05) is 12.1 Å². The highest BCUT2D eigenvalue weighted by Gasteiger charge is 2.28. The number of hydrogen-bond donors (Lipinski definition) is 2. The Balaban J connectivity index is 1.44. The van der Waals surface area contributed by atoms with Gasteiger partial charge in [-0.05, 0) is 66.8 Å². The SMILES string of the molecule is O=C(Nc1cccc(S(=O)(=O)NC2CC2)c1)c1nc(-c2cccs2)n(-c2ccc(F)cc2)n1. The van der Waals surface area contributed by atoms with Crippen molar-refractivity contribution in [2.24, 2.45) is 0 Å². The first kappa shape index (κ1) is 21.4. The minimum absolute atomic E-state index is 0.0245. The molecule has 0 radical (unpaired) electrons. The zero-order valence-corrected chi connectivity index (χ0v) is 18.7. The van der Waals surface area contributed by atoms with E-state index in [4.69, 9.17) is 0 Å². The third-order valence-electron chi connectivity index (χ3n) is 4.92. The van der Waals surface area contributed by atoms with Crippen molar-refractivity contribution in [2.75, 3.05) is 5.32 Å². The molecule has 1 aliphatic carbocycles. The Bertz CT molecular complexity index is 1410. The Labute approximate surface area is 193 Å². The number of nitrogens with one attached hydrogen (secondary N) is 2. The lowest BCUT2D eigenvalue weighted by Gasteiger charge is -2.08. The molecule has 1 aliphatic rings. The molecule has 1 fully saturated rings. The number of aromatic nitrogens is 3. The quantitative estimate of drug-likeness (QED) is 0.416. The van der Waals surface area contributed by atoms with Gasteiger partial charge < -0.3 is 5.32 Å². The molecule has 0 aliphatic heterocycles. The lowest BCUT2D eigenvalue weighted by atomic mass is 10.3. The van der Waals surface area contributed by atoms with E-state index >= 15 is 0 Å². The maximum Gasteiger partial charge on any atom is 0.295 e. The van der Waals surface area contributed by atoms with Gasteiger partial charge in [-0.25, -0.2) is 27.2 Å². The van der Waals surface area contributed by atoms with Crippen LogP contribution in [-0.2, 0) is 10.0 Å². The van der Waals surface area contributed by atoms with Crippen LogP contribution in [0.4, 0.5) is 10.1 Å². The molecule has 8 nitrogen and oxygen atoms in total. The summed E-state index contributed by atoms with van der Waals surface area (Å²) in [4.78, 5) is 18.2. The second-order valence-corrected chi connectivity index (χ2v) is 10.2. The van der Waals surface area contributed by atoms with Crippen LogP contribution < -0.4 is 10.0 Å². The van der Waals surface area contributed by atoms with Crippen LogP contribution in [0, 0.1) is 5.82 Å². The van der Waals surface area contributed by atoms with Crippen molar-refractivity contribution in [1.82, 2.24) is 19.5 Å². The van der Waals surface area contributed by atoms with Gasteiger partial charge in [-0.15, -0.1) is 16.4 Å². The van der Waals surface area contributed by atoms with E-state index < -0.39 is 15.9 Å². The lowest BCUT2D eigenvalue weighted by molar-refractivity contribution is 0.101. The molecule has 0 atom stereocenters. The minimum Gasteiger partial charge on any atom is -0.319 e. The van der Waals surface area contributed by atoms with E-state index in [1.165, 1.54) is 40.3 Å². The Morgan fingerprint density at radius 2 is 1.88 bits per heavy atom. The van der Waals surface area contributed by atoms with Crippen LogP contribution in [0.3, 0.4) is 0 Å². The van der Waals surface area contributed by atoms with E-state index in [1.807, 2.05) is 17.5 Å². The van der Waals surface area contributed by atoms with Gasteiger partial charge >= 0.3 is 0 Å². The summed E-state index contributed by atoms with van der Waals surface area (Å²) in [7, 11) is -3.66. The summed E-state index contributed by atoms with van der Waals surface area (Å²) in [5.74, 6) is -0.655. The molecule has 0 unspecified atom stereocenters. The molecule has 1 saturated carbocycles. The van der Waals surface area contributed by atoms with Crippen LogP contribution in [0.2, 0.25) is 0 Å². The average Bonchev–Trinajstić information content (AvgIpc) is 3.26. The first-order valence-corrected chi connectivity index (χ1v) is 12.5. The normalized spacial score (nSPS) is 13.7. The highest BCUT2D eigenvalue weighted by atomic mass is 32.2. The van der Waals surface area contributed by atoms with E-state index in [-0.39, 0.29) is 22.6 Å². The van der Waals surface area contributed by atoms with Crippen molar-refractivity contribution in [2.45, 2.75) is 23.8 Å². The predicted octanol–water partition coefficient (Wildman–Crippen LogP) is 3.83. The van der Waals surface area contributed by atoms with Crippen molar-refractivity contribution in [1.29, 1.82) is 0 Å². The fourth-order valence-electron chi connectivity index (χ4n) is 3.15. The molecule has 33 heavy (non-hydrogen) atoms. The number of anilines is 1. The Hall–Kier alpha value is -3.41. The second kappa shape index (κ2) is 8.50. The highest BCUT2D eigenvalue weighted by molar-refractivity contribution is 7.89. The number of sulfonamides is 1. The molecular formula is C22H18FN5O3S2. The van der Waals surface area contributed by atoms with Crippen LogP contribution in [0.1, 0.15) is 23.5 Å². The standard InChI is InChI=1S/C22H18FN5O3S2/c23-14-6-10-17(11-7-14)28-21(19-5-2-12-32-19)25-20(26-28)22(29)24-16-3-1-4-18(13-16)33(30,31)27-15-8-9-15/h1-7,10-13,15,27H,8-9H2,(H,24,29). The summed E-state index contributed by atoms with van der Waals surface area (Å²) in [6.07, 6.45) is 1.65. The third kappa shape index (κ3) is 4.70. The van der Waals surface area contributed by atoms with Gasteiger partial charge in [-0.2, -0.15) is 0 Å². The molecule has 0 spiro atoms. The number of halogens is 1.